The maximum atomic E-state index is 12.2. The largest absolute Gasteiger partial charge is 0.508 e. The number of hydrazine groups is 1. The fourth-order valence-corrected chi connectivity index (χ4v) is 2.51. The smallest absolute Gasteiger partial charge is 0.278 e. The summed E-state index contributed by atoms with van der Waals surface area (Å²) in [5.74, 6) is 0.395. The Morgan fingerprint density at radius 3 is 3.00 bits per heavy atom. The van der Waals surface area contributed by atoms with E-state index in [1.165, 1.54) is 0 Å². The number of hydrogen-bond acceptors (Lipinski definition) is 8. The van der Waals surface area contributed by atoms with E-state index >= 15 is 0 Å². The van der Waals surface area contributed by atoms with Gasteiger partial charge in [-0.1, -0.05) is 23.4 Å². The van der Waals surface area contributed by atoms with Gasteiger partial charge in [0.2, 0.25) is 5.91 Å². The number of aryl methyl sites for hydroxylation is 1. The molecule has 2 atom stereocenters. The van der Waals surface area contributed by atoms with Crippen LogP contribution >= 0.6 is 0 Å². The van der Waals surface area contributed by atoms with Crippen LogP contribution in [-0.2, 0) is 4.79 Å². The molecule has 1 saturated heterocycles. The van der Waals surface area contributed by atoms with E-state index in [-0.39, 0.29) is 30.3 Å². The van der Waals surface area contributed by atoms with Crippen LogP contribution < -0.4 is 20.9 Å². The Kier molecular flexibility index (Phi) is 4.92. The van der Waals surface area contributed by atoms with Gasteiger partial charge in [0.15, 0.2) is 0 Å². The maximum Gasteiger partial charge on any atom is 0.278 e. The van der Waals surface area contributed by atoms with Gasteiger partial charge in [-0.15, -0.1) is 0 Å². The zero-order chi connectivity index (χ0) is 16.9. The molecule has 0 aliphatic carbocycles. The zero-order valence-corrected chi connectivity index (χ0v) is 13.2. The number of carbonyl (C=O) groups is 1. The van der Waals surface area contributed by atoms with Crippen molar-refractivity contribution in [3.05, 3.63) is 35.5 Å². The molecular weight excluding hydrogens is 314 g/mol. The number of amides is 1. The number of nitrogens with one attached hydrogen (secondary N) is 3. The highest BCUT2D eigenvalue weighted by Gasteiger charge is 2.31. The van der Waals surface area contributed by atoms with Gasteiger partial charge < -0.3 is 15.2 Å². The average molecular weight is 333 g/mol. The predicted molar refractivity (Wildman–Crippen MR) is 83.1 cm³/mol. The third-order valence-electron chi connectivity index (χ3n) is 3.78. The fraction of sp³-hybridized carbons (Fsp3) is 0.400. The molecule has 1 aromatic heterocycles. The lowest BCUT2D eigenvalue weighted by atomic mass is 10.0. The highest BCUT2D eigenvalue weighted by molar-refractivity contribution is 5.82. The van der Waals surface area contributed by atoms with Crippen LogP contribution in [0.25, 0.3) is 0 Å². The normalized spacial score (nSPS) is 20.0. The molecule has 1 amide bonds. The first-order valence-electron chi connectivity index (χ1n) is 7.63. The Bertz CT molecular complexity index is 705. The summed E-state index contributed by atoms with van der Waals surface area (Å²) in [6.07, 6.45) is 0.538. The van der Waals surface area contributed by atoms with Crippen LogP contribution in [0.3, 0.4) is 0 Å². The Hall–Kier alpha value is -2.65. The summed E-state index contributed by atoms with van der Waals surface area (Å²) < 4.78 is 9.86. The SMILES string of the molecule is Cc1nonc1OCCNC(=O)C1CC(c2ccccc2O)NN1. The number of nitrogens with zero attached hydrogens (tertiary/aromatic N) is 2. The van der Waals surface area contributed by atoms with E-state index in [9.17, 15) is 9.90 Å². The number of ether oxygens (including phenoxy) is 1. The number of phenolic OH excluding ortho intramolecular Hbond substituents is 1. The number of phenols is 1. The van der Waals surface area contributed by atoms with E-state index in [1.54, 1.807) is 19.1 Å². The van der Waals surface area contributed by atoms with Crippen LogP contribution in [-0.4, -0.2) is 40.5 Å². The van der Waals surface area contributed by atoms with Crippen molar-refractivity contribution in [3.8, 4) is 11.6 Å². The first-order valence-corrected chi connectivity index (χ1v) is 7.63. The van der Waals surface area contributed by atoms with Crippen molar-refractivity contribution in [1.82, 2.24) is 26.5 Å². The number of aromatic hydroxyl groups is 1. The Morgan fingerprint density at radius 2 is 2.25 bits per heavy atom. The quantitative estimate of drug-likeness (QED) is 0.553. The maximum absolute atomic E-state index is 12.2. The second-order valence-electron chi connectivity index (χ2n) is 5.48. The molecule has 2 aromatic rings. The number of hydrogen-bond donors (Lipinski definition) is 4. The summed E-state index contributed by atoms with van der Waals surface area (Å²) in [6, 6.07) is 6.56. The van der Waals surface area contributed by atoms with Crippen molar-refractivity contribution in [1.29, 1.82) is 0 Å². The van der Waals surface area contributed by atoms with E-state index < -0.39 is 0 Å². The van der Waals surface area contributed by atoms with Crippen LogP contribution in [0.5, 0.6) is 11.6 Å². The van der Waals surface area contributed by atoms with Gasteiger partial charge in [-0.2, -0.15) is 0 Å². The summed E-state index contributed by atoms with van der Waals surface area (Å²) in [4.78, 5) is 12.2. The van der Waals surface area contributed by atoms with E-state index in [4.69, 9.17) is 4.74 Å². The summed E-state index contributed by atoms with van der Waals surface area (Å²) >= 11 is 0. The van der Waals surface area contributed by atoms with Crippen molar-refractivity contribution in [2.45, 2.75) is 25.4 Å². The third-order valence-corrected chi connectivity index (χ3v) is 3.78. The molecule has 3 rings (SSSR count). The molecule has 0 bridgehead atoms. The minimum atomic E-state index is -0.384. The molecule has 0 spiro atoms. The molecule has 1 aliphatic heterocycles. The van der Waals surface area contributed by atoms with Gasteiger partial charge >= 0.3 is 0 Å². The monoisotopic (exact) mass is 333 g/mol. The van der Waals surface area contributed by atoms with Crippen molar-refractivity contribution in [3.63, 3.8) is 0 Å². The number of benzene rings is 1. The highest BCUT2D eigenvalue weighted by atomic mass is 16.6. The van der Waals surface area contributed by atoms with E-state index in [1.807, 2.05) is 12.1 Å². The molecular formula is C15H19N5O4. The van der Waals surface area contributed by atoms with Crippen LogP contribution in [0, 0.1) is 6.92 Å². The van der Waals surface area contributed by atoms with Gasteiger partial charge in [0.25, 0.3) is 5.88 Å². The first-order chi connectivity index (χ1) is 11.6. The second kappa shape index (κ2) is 7.28. The van der Waals surface area contributed by atoms with Crippen LogP contribution in [0.15, 0.2) is 28.9 Å². The van der Waals surface area contributed by atoms with Crippen molar-refractivity contribution in [2.24, 2.45) is 0 Å². The molecule has 24 heavy (non-hydrogen) atoms. The van der Waals surface area contributed by atoms with Gasteiger partial charge in [0, 0.05) is 5.56 Å². The van der Waals surface area contributed by atoms with E-state index in [0.717, 1.165) is 5.56 Å². The lowest BCUT2D eigenvalue weighted by Crippen LogP contribution is -2.44. The second-order valence-corrected chi connectivity index (χ2v) is 5.48. The summed E-state index contributed by atoms with van der Waals surface area (Å²) in [7, 11) is 0. The lowest BCUT2D eigenvalue weighted by Gasteiger charge is -2.11. The highest BCUT2D eigenvalue weighted by Crippen LogP contribution is 2.28. The number of aromatic nitrogens is 2. The Balaban J connectivity index is 1.43. The number of carbonyl (C=O) groups excluding carboxylic acids is 1. The molecule has 2 heterocycles. The molecule has 4 N–H and O–H groups in total. The summed E-state index contributed by atoms with van der Waals surface area (Å²) in [6.45, 7) is 2.33. The molecule has 0 radical (unpaired) electrons. The van der Waals surface area contributed by atoms with Gasteiger partial charge in [-0.25, -0.2) is 15.5 Å². The molecule has 128 valence electrons. The first kappa shape index (κ1) is 16.2. The third kappa shape index (κ3) is 3.63. The molecule has 2 unspecified atom stereocenters. The molecule has 0 saturated carbocycles. The standard InChI is InChI=1S/C15H19N5O4/c1-9-15(20-24-19-9)23-7-6-16-14(22)12-8-11(17-18-12)10-4-2-3-5-13(10)21/h2-5,11-12,17-18,21H,6-8H2,1H3,(H,16,22). The van der Waals surface area contributed by atoms with E-state index in [0.29, 0.717) is 24.5 Å². The van der Waals surface area contributed by atoms with Crippen LogP contribution in [0.1, 0.15) is 23.7 Å². The average Bonchev–Trinajstić information content (AvgIpc) is 3.21. The van der Waals surface area contributed by atoms with Gasteiger partial charge in [0.05, 0.1) is 12.6 Å². The number of para-hydroxylation sites is 1. The molecule has 9 heteroatoms. The molecule has 9 nitrogen and oxygen atoms in total. The zero-order valence-electron chi connectivity index (χ0n) is 13.2. The topological polar surface area (TPSA) is 122 Å². The molecule has 1 fully saturated rings. The molecule has 1 aromatic carbocycles. The summed E-state index contributed by atoms with van der Waals surface area (Å²) in [5, 5.41) is 19.9. The van der Waals surface area contributed by atoms with Crippen molar-refractivity contribution >= 4 is 5.91 Å². The fourth-order valence-electron chi connectivity index (χ4n) is 2.51. The Labute approximate surface area is 138 Å². The predicted octanol–water partition coefficient (Wildman–Crippen LogP) is 0.186. The van der Waals surface area contributed by atoms with Crippen molar-refractivity contribution in [2.75, 3.05) is 13.2 Å². The van der Waals surface area contributed by atoms with Gasteiger partial charge in [-0.3, -0.25) is 4.79 Å². The minimum absolute atomic E-state index is 0.123. The van der Waals surface area contributed by atoms with E-state index in [2.05, 4.69) is 31.1 Å². The summed E-state index contributed by atoms with van der Waals surface area (Å²) in [5.41, 5.74) is 7.30. The van der Waals surface area contributed by atoms with Crippen LogP contribution in [0.2, 0.25) is 0 Å². The molecule has 1 aliphatic rings. The van der Waals surface area contributed by atoms with Crippen LogP contribution in [0.4, 0.5) is 0 Å². The van der Waals surface area contributed by atoms with Gasteiger partial charge in [0.1, 0.15) is 24.1 Å². The minimum Gasteiger partial charge on any atom is -0.508 e. The lowest BCUT2D eigenvalue weighted by molar-refractivity contribution is -0.123. The number of rotatable bonds is 6. The van der Waals surface area contributed by atoms with Gasteiger partial charge in [-0.05, 0) is 24.6 Å². The Morgan fingerprint density at radius 1 is 1.42 bits per heavy atom. The van der Waals surface area contributed by atoms with Crippen molar-refractivity contribution < 1.29 is 19.3 Å².